The second-order valence-electron chi connectivity index (χ2n) is 9.07. The van der Waals surface area contributed by atoms with Crippen LogP contribution in [0.25, 0.3) is 11.4 Å². The molecule has 0 fully saturated rings. The van der Waals surface area contributed by atoms with Gasteiger partial charge in [0, 0.05) is 43.3 Å². The molecule has 2 N–H and O–H groups in total. The number of halogens is 2. The Hall–Kier alpha value is -4.29. The second kappa shape index (κ2) is 10.1. The quantitative estimate of drug-likeness (QED) is 0.375. The summed E-state index contributed by atoms with van der Waals surface area (Å²) in [6.07, 6.45) is 0.00645. The summed E-state index contributed by atoms with van der Waals surface area (Å²) in [4.78, 5) is 29.2. The van der Waals surface area contributed by atoms with Gasteiger partial charge in [-0.2, -0.15) is 15.1 Å². The van der Waals surface area contributed by atoms with Crippen molar-refractivity contribution in [2.75, 3.05) is 5.32 Å². The number of hydrogen-bond acceptors (Lipinski definition) is 9. The smallest absolute Gasteiger partial charge is 0.292 e. The van der Waals surface area contributed by atoms with Crippen LogP contribution in [-0.4, -0.2) is 47.2 Å². The Morgan fingerprint density at radius 1 is 1.14 bits per heavy atom. The van der Waals surface area contributed by atoms with E-state index < -0.39 is 24.2 Å². The van der Waals surface area contributed by atoms with Gasteiger partial charge in [-0.1, -0.05) is 38.1 Å². The summed E-state index contributed by atoms with van der Waals surface area (Å²) < 4.78 is 33.4. The van der Waals surface area contributed by atoms with Crippen LogP contribution in [0.1, 0.15) is 48.4 Å². The van der Waals surface area contributed by atoms with Crippen molar-refractivity contribution in [1.29, 1.82) is 0 Å². The monoisotopic (exact) mass is 497 g/mol. The zero-order valence-electron chi connectivity index (χ0n) is 20.2. The van der Waals surface area contributed by atoms with E-state index in [1.165, 1.54) is 6.33 Å². The van der Waals surface area contributed by atoms with Crippen LogP contribution in [0.2, 0.25) is 0 Å². The van der Waals surface area contributed by atoms with Gasteiger partial charge in [-0.15, -0.1) is 0 Å². The number of hydrogen-bond donors (Lipinski definition) is 2. The van der Waals surface area contributed by atoms with E-state index in [1.54, 1.807) is 42.2 Å². The van der Waals surface area contributed by atoms with E-state index in [0.717, 1.165) is 0 Å². The summed E-state index contributed by atoms with van der Waals surface area (Å²) in [5.74, 6) is 0.755. The lowest BCUT2D eigenvalue weighted by Gasteiger charge is -2.12. The highest BCUT2D eigenvalue weighted by atomic mass is 19.3. The van der Waals surface area contributed by atoms with E-state index in [9.17, 15) is 13.6 Å². The number of aryl methyl sites for hydroxylation is 1. The molecule has 3 aromatic heterocycles. The van der Waals surface area contributed by atoms with E-state index in [2.05, 4.69) is 40.8 Å². The zero-order valence-corrected chi connectivity index (χ0v) is 20.2. The van der Waals surface area contributed by atoms with Gasteiger partial charge in [0.05, 0.1) is 0 Å². The maximum absolute atomic E-state index is 13.3. The number of rotatable bonds is 8. The highest BCUT2D eigenvalue weighted by Crippen LogP contribution is 2.23. The third-order valence-electron chi connectivity index (χ3n) is 5.07. The summed E-state index contributed by atoms with van der Waals surface area (Å²) in [6, 6.07) is 6.69. The molecule has 13 heteroatoms. The highest BCUT2D eigenvalue weighted by Gasteiger charge is 2.24. The summed E-state index contributed by atoms with van der Waals surface area (Å²) >= 11 is 0. The Bertz CT molecular complexity index is 1360. The van der Waals surface area contributed by atoms with Gasteiger partial charge in [-0.25, -0.2) is 18.7 Å². The predicted octanol–water partition coefficient (Wildman–Crippen LogP) is 3.43. The van der Waals surface area contributed by atoms with Crippen molar-refractivity contribution in [3.8, 4) is 11.4 Å². The first kappa shape index (κ1) is 24.8. The minimum Gasteiger partial charge on any atom is -0.345 e. The van der Waals surface area contributed by atoms with Crippen LogP contribution in [0, 0.1) is 0 Å². The van der Waals surface area contributed by atoms with E-state index in [-0.39, 0.29) is 18.3 Å². The first-order chi connectivity index (χ1) is 17.1. The van der Waals surface area contributed by atoms with Gasteiger partial charge < -0.3 is 15.2 Å². The standard InChI is InChI=1S/C23H25F2N9O2/c1-23(2,3)21-30-19(33-36-21)20(35)26-11-14-6-5-13(9-15(14)10-16(24)25)18-27-12-28-22(31-18)29-17-7-8-34(4)32-17/h5-9,12,16H,10-11H2,1-4H3,(H,26,35)(H,27,28,29,31,32). The molecule has 11 nitrogen and oxygen atoms in total. The fraction of sp³-hybridized carbons (Fsp3) is 0.348. The van der Waals surface area contributed by atoms with E-state index >= 15 is 0 Å². The maximum atomic E-state index is 13.3. The highest BCUT2D eigenvalue weighted by molar-refractivity contribution is 5.90. The largest absolute Gasteiger partial charge is 0.345 e. The molecule has 0 saturated carbocycles. The lowest BCUT2D eigenvalue weighted by molar-refractivity contribution is 0.0937. The van der Waals surface area contributed by atoms with Gasteiger partial charge in [0.2, 0.25) is 18.3 Å². The number of benzene rings is 1. The Morgan fingerprint density at radius 3 is 2.61 bits per heavy atom. The Kier molecular flexibility index (Phi) is 6.99. The molecule has 0 aliphatic heterocycles. The van der Waals surface area contributed by atoms with Crippen LogP contribution in [0.4, 0.5) is 20.5 Å². The Morgan fingerprint density at radius 2 is 1.94 bits per heavy atom. The number of nitrogens with zero attached hydrogens (tertiary/aromatic N) is 7. The van der Waals surface area contributed by atoms with E-state index in [1.807, 2.05) is 20.8 Å². The van der Waals surface area contributed by atoms with Crippen molar-refractivity contribution in [2.24, 2.45) is 7.05 Å². The molecule has 0 aliphatic rings. The molecular weight excluding hydrogens is 472 g/mol. The molecule has 0 aliphatic carbocycles. The lowest BCUT2D eigenvalue weighted by Crippen LogP contribution is -2.25. The second-order valence-corrected chi connectivity index (χ2v) is 9.07. The van der Waals surface area contributed by atoms with Crippen molar-refractivity contribution < 1.29 is 18.1 Å². The molecule has 0 spiro atoms. The fourth-order valence-corrected chi connectivity index (χ4v) is 3.26. The van der Waals surface area contributed by atoms with Crippen molar-refractivity contribution in [2.45, 2.75) is 45.6 Å². The molecule has 4 rings (SSSR count). The molecule has 0 bridgehead atoms. The molecule has 0 atom stereocenters. The minimum absolute atomic E-state index is 0.00421. The third-order valence-corrected chi connectivity index (χ3v) is 5.07. The van der Waals surface area contributed by atoms with Gasteiger partial charge in [0.15, 0.2) is 11.6 Å². The first-order valence-electron chi connectivity index (χ1n) is 11.1. The van der Waals surface area contributed by atoms with Crippen LogP contribution in [0.5, 0.6) is 0 Å². The predicted molar refractivity (Wildman–Crippen MR) is 126 cm³/mol. The minimum atomic E-state index is -2.58. The SMILES string of the molecule is Cn1ccc(Nc2ncnc(-c3ccc(CNC(=O)c4noc(C(C)(C)C)n4)c(CC(F)F)c3)n2)n1. The van der Waals surface area contributed by atoms with Gasteiger partial charge in [-0.3, -0.25) is 9.48 Å². The number of aromatic nitrogens is 7. The van der Waals surface area contributed by atoms with E-state index in [0.29, 0.717) is 34.2 Å². The zero-order chi connectivity index (χ0) is 25.9. The van der Waals surface area contributed by atoms with E-state index in [4.69, 9.17) is 4.52 Å². The lowest BCUT2D eigenvalue weighted by atomic mass is 9.97. The van der Waals surface area contributed by atoms with Crippen LogP contribution < -0.4 is 10.6 Å². The van der Waals surface area contributed by atoms with Crippen LogP contribution in [0.3, 0.4) is 0 Å². The van der Waals surface area contributed by atoms with Crippen LogP contribution in [0.15, 0.2) is 41.3 Å². The molecule has 0 radical (unpaired) electrons. The number of anilines is 2. The van der Waals surface area contributed by atoms with Crippen molar-refractivity contribution >= 4 is 17.7 Å². The van der Waals surface area contributed by atoms with Crippen molar-refractivity contribution in [1.82, 2.24) is 40.2 Å². The van der Waals surface area contributed by atoms with Crippen molar-refractivity contribution in [3.63, 3.8) is 0 Å². The average molecular weight is 498 g/mol. The molecule has 3 heterocycles. The number of nitrogens with one attached hydrogen (secondary N) is 2. The number of carbonyl (C=O) groups is 1. The molecule has 0 unspecified atom stereocenters. The topological polar surface area (TPSA) is 137 Å². The van der Waals surface area contributed by atoms with Gasteiger partial charge in [0.25, 0.3) is 11.7 Å². The third kappa shape index (κ3) is 6.03. The maximum Gasteiger partial charge on any atom is 0.292 e. The Balaban J connectivity index is 1.52. The molecular formula is C23H25F2N9O2. The summed E-state index contributed by atoms with van der Waals surface area (Å²) in [7, 11) is 1.78. The number of alkyl halides is 2. The van der Waals surface area contributed by atoms with Gasteiger partial charge in [-0.05, 0) is 17.2 Å². The van der Waals surface area contributed by atoms with Crippen molar-refractivity contribution in [3.05, 3.63) is 59.6 Å². The molecule has 1 aromatic carbocycles. The van der Waals surface area contributed by atoms with Gasteiger partial charge >= 0.3 is 0 Å². The normalized spacial score (nSPS) is 11.6. The Labute approximate surface area is 205 Å². The van der Waals surface area contributed by atoms with Crippen LogP contribution in [-0.2, 0) is 25.4 Å². The van der Waals surface area contributed by atoms with Crippen LogP contribution >= 0.6 is 0 Å². The summed E-state index contributed by atoms with van der Waals surface area (Å²) in [5.41, 5.74) is 0.993. The number of carbonyl (C=O) groups excluding carboxylic acids is 1. The molecule has 1 amide bonds. The first-order valence-corrected chi connectivity index (χ1v) is 11.1. The molecule has 0 saturated heterocycles. The van der Waals surface area contributed by atoms with Gasteiger partial charge in [0.1, 0.15) is 6.33 Å². The molecule has 36 heavy (non-hydrogen) atoms. The summed E-state index contributed by atoms with van der Waals surface area (Å²) in [6.45, 7) is 5.64. The fourth-order valence-electron chi connectivity index (χ4n) is 3.26. The average Bonchev–Trinajstić information content (AvgIpc) is 3.47. The number of amides is 1. The summed E-state index contributed by atoms with van der Waals surface area (Å²) in [5, 5.41) is 13.5. The molecule has 188 valence electrons. The molecule has 4 aromatic rings.